The minimum atomic E-state index is -2.11. The van der Waals surface area contributed by atoms with Crippen molar-refractivity contribution in [1.29, 1.82) is 0 Å². The van der Waals surface area contributed by atoms with Gasteiger partial charge in [-0.1, -0.05) is 24.3 Å². The van der Waals surface area contributed by atoms with E-state index in [0.29, 0.717) is 0 Å². The van der Waals surface area contributed by atoms with Crippen LogP contribution in [0.15, 0.2) is 60.7 Å². The van der Waals surface area contributed by atoms with E-state index < -0.39 is 6.34 Å². The highest BCUT2D eigenvalue weighted by molar-refractivity contribution is 8.19. The fourth-order valence-corrected chi connectivity index (χ4v) is 5.71. The first-order chi connectivity index (χ1) is 10.7. The van der Waals surface area contributed by atoms with E-state index in [9.17, 15) is 0 Å². The molecule has 0 fully saturated rings. The van der Waals surface area contributed by atoms with Crippen LogP contribution in [0.1, 0.15) is 0 Å². The standard InChI is InChI=1S/C17H15N2OPS/c1-20-13-8-10-14(11-9-13)21(22)18-15-6-2-4-12-5-3-7-16(19-21)17(12)15/h2-11H,1H3,(H2,18,19,22). The first-order valence-corrected chi connectivity index (χ1v) is 9.83. The number of methoxy groups -OCH3 is 1. The molecule has 0 atom stereocenters. The maximum atomic E-state index is 5.97. The van der Waals surface area contributed by atoms with Crippen LogP contribution in [-0.2, 0) is 11.8 Å². The van der Waals surface area contributed by atoms with Crippen molar-refractivity contribution in [1.82, 2.24) is 0 Å². The molecule has 0 radical (unpaired) electrons. The van der Waals surface area contributed by atoms with Crippen LogP contribution in [0.4, 0.5) is 11.4 Å². The topological polar surface area (TPSA) is 33.3 Å². The summed E-state index contributed by atoms with van der Waals surface area (Å²) in [6.45, 7) is 0. The van der Waals surface area contributed by atoms with Gasteiger partial charge in [0.1, 0.15) is 12.1 Å². The molecule has 1 heterocycles. The van der Waals surface area contributed by atoms with E-state index in [0.717, 1.165) is 22.4 Å². The highest BCUT2D eigenvalue weighted by Crippen LogP contribution is 2.52. The van der Waals surface area contributed by atoms with Crippen LogP contribution in [-0.4, -0.2) is 7.11 Å². The molecular weight excluding hydrogens is 311 g/mol. The van der Waals surface area contributed by atoms with Gasteiger partial charge in [-0.2, -0.15) is 0 Å². The monoisotopic (exact) mass is 326 g/mol. The van der Waals surface area contributed by atoms with Gasteiger partial charge in [-0.25, -0.2) is 0 Å². The Morgan fingerprint density at radius 2 is 1.45 bits per heavy atom. The van der Waals surface area contributed by atoms with Gasteiger partial charge in [0.2, 0.25) is 0 Å². The van der Waals surface area contributed by atoms with E-state index in [-0.39, 0.29) is 0 Å². The Morgan fingerprint density at radius 3 is 2.00 bits per heavy atom. The smallest absolute Gasteiger partial charge is 0.148 e. The Balaban J connectivity index is 1.84. The van der Waals surface area contributed by atoms with Crippen LogP contribution in [0.2, 0.25) is 0 Å². The van der Waals surface area contributed by atoms with Crippen LogP contribution in [0.25, 0.3) is 10.8 Å². The Labute approximate surface area is 134 Å². The zero-order valence-corrected chi connectivity index (χ0v) is 13.7. The third-order valence-electron chi connectivity index (χ3n) is 3.90. The molecule has 3 aromatic carbocycles. The van der Waals surface area contributed by atoms with Gasteiger partial charge < -0.3 is 14.9 Å². The molecule has 3 aromatic rings. The number of ether oxygens (including phenoxy) is 1. The maximum Gasteiger partial charge on any atom is 0.148 e. The van der Waals surface area contributed by atoms with Gasteiger partial charge >= 0.3 is 0 Å². The summed E-state index contributed by atoms with van der Waals surface area (Å²) in [7, 11) is 1.67. The lowest BCUT2D eigenvalue weighted by Crippen LogP contribution is -2.20. The summed E-state index contributed by atoms with van der Waals surface area (Å²) in [5, 5.41) is 10.6. The number of hydrogen-bond acceptors (Lipinski definition) is 2. The van der Waals surface area contributed by atoms with Crippen molar-refractivity contribution >= 4 is 45.6 Å². The predicted octanol–water partition coefficient (Wildman–Crippen LogP) is 4.32. The normalized spacial score (nSPS) is 15.0. The molecule has 2 N–H and O–H groups in total. The van der Waals surface area contributed by atoms with Crippen molar-refractivity contribution < 1.29 is 4.74 Å². The maximum absolute atomic E-state index is 5.97. The average molecular weight is 326 g/mol. The second kappa shape index (κ2) is 5.01. The molecule has 0 amide bonds. The van der Waals surface area contributed by atoms with Crippen molar-refractivity contribution in [3.05, 3.63) is 60.7 Å². The molecule has 0 bridgehead atoms. The van der Waals surface area contributed by atoms with Gasteiger partial charge in [0.25, 0.3) is 0 Å². The summed E-state index contributed by atoms with van der Waals surface area (Å²) in [6, 6.07) is 20.5. The van der Waals surface area contributed by atoms with Gasteiger partial charge in [0, 0.05) is 22.1 Å². The highest BCUT2D eigenvalue weighted by Gasteiger charge is 2.26. The lowest BCUT2D eigenvalue weighted by atomic mass is 10.1. The van der Waals surface area contributed by atoms with Crippen LogP contribution < -0.4 is 20.2 Å². The molecule has 0 unspecified atom stereocenters. The third-order valence-corrected chi connectivity index (χ3v) is 7.21. The molecule has 3 nitrogen and oxygen atoms in total. The van der Waals surface area contributed by atoms with E-state index in [2.05, 4.69) is 46.6 Å². The molecular formula is C17H15N2OPS. The van der Waals surface area contributed by atoms with Crippen molar-refractivity contribution in [2.24, 2.45) is 0 Å². The summed E-state index contributed by atoms with van der Waals surface area (Å²) in [6.07, 6.45) is -2.11. The fourth-order valence-electron chi connectivity index (χ4n) is 2.82. The van der Waals surface area contributed by atoms with Crippen molar-refractivity contribution in [2.45, 2.75) is 0 Å². The molecule has 22 heavy (non-hydrogen) atoms. The Hall–Kier alpha value is -2.03. The largest absolute Gasteiger partial charge is 0.497 e. The van der Waals surface area contributed by atoms with Crippen LogP contribution in [0.5, 0.6) is 5.75 Å². The Kier molecular flexibility index (Phi) is 3.10. The van der Waals surface area contributed by atoms with Gasteiger partial charge in [-0.3, -0.25) is 0 Å². The predicted molar refractivity (Wildman–Crippen MR) is 98.1 cm³/mol. The van der Waals surface area contributed by atoms with Crippen LogP contribution in [0.3, 0.4) is 0 Å². The zero-order valence-electron chi connectivity index (χ0n) is 12.0. The van der Waals surface area contributed by atoms with E-state index in [1.165, 1.54) is 10.8 Å². The minimum absolute atomic E-state index is 0.838. The number of rotatable bonds is 2. The first kappa shape index (κ1) is 13.6. The number of anilines is 2. The van der Waals surface area contributed by atoms with Crippen molar-refractivity contribution in [2.75, 3.05) is 17.3 Å². The molecule has 4 rings (SSSR count). The first-order valence-electron chi connectivity index (χ1n) is 7.03. The second-order valence-electron chi connectivity index (χ2n) is 5.24. The van der Waals surface area contributed by atoms with E-state index in [4.69, 9.17) is 16.5 Å². The summed E-state index contributed by atoms with van der Waals surface area (Å²) in [5.74, 6) is 0.838. The van der Waals surface area contributed by atoms with E-state index >= 15 is 0 Å². The SMILES string of the molecule is COc1ccc(P2(=S)Nc3cccc4cccc(c34)N2)cc1. The summed E-state index contributed by atoms with van der Waals surface area (Å²) in [4.78, 5) is 0. The van der Waals surface area contributed by atoms with Gasteiger partial charge in [0.15, 0.2) is 0 Å². The van der Waals surface area contributed by atoms with E-state index in [1.807, 2.05) is 24.3 Å². The van der Waals surface area contributed by atoms with Crippen molar-refractivity contribution in [3.63, 3.8) is 0 Å². The molecule has 0 saturated heterocycles. The molecule has 1 aliphatic rings. The fraction of sp³-hybridized carbons (Fsp3) is 0.0588. The van der Waals surface area contributed by atoms with Crippen LogP contribution >= 0.6 is 6.34 Å². The number of benzene rings is 3. The summed E-state index contributed by atoms with van der Waals surface area (Å²) in [5.41, 5.74) is 2.21. The van der Waals surface area contributed by atoms with Crippen LogP contribution in [0, 0.1) is 0 Å². The second-order valence-corrected chi connectivity index (χ2v) is 9.07. The lowest BCUT2D eigenvalue weighted by molar-refractivity contribution is 0.415. The molecule has 5 heteroatoms. The third kappa shape index (κ3) is 2.07. The van der Waals surface area contributed by atoms with Gasteiger partial charge in [0.05, 0.1) is 7.11 Å². The molecule has 0 aliphatic carbocycles. The molecule has 0 spiro atoms. The number of nitrogens with one attached hydrogen (secondary N) is 2. The molecule has 0 saturated carbocycles. The number of hydrogen-bond donors (Lipinski definition) is 2. The molecule has 110 valence electrons. The minimum Gasteiger partial charge on any atom is -0.497 e. The summed E-state index contributed by atoms with van der Waals surface area (Å²) < 4.78 is 5.23. The summed E-state index contributed by atoms with van der Waals surface area (Å²) >= 11 is 5.97. The molecule has 1 aliphatic heterocycles. The zero-order chi connectivity index (χ0) is 15.2. The average Bonchev–Trinajstić information content (AvgIpc) is 2.55. The van der Waals surface area contributed by atoms with Gasteiger partial charge in [-0.05, 0) is 53.6 Å². The Morgan fingerprint density at radius 1 is 0.864 bits per heavy atom. The quantitative estimate of drug-likeness (QED) is 0.687. The van der Waals surface area contributed by atoms with Crippen molar-refractivity contribution in [3.8, 4) is 5.75 Å². The lowest BCUT2D eigenvalue weighted by Gasteiger charge is -2.32. The molecule has 0 aromatic heterocycles. The highest BCUT2D eigenvalue weighted by atomic mass is 32.4. The Bertz CT molecular complexity index is 863. The van der Waals surface area contributed by atoms with E-state index in [1.54, 1.807) is 7.11 Å². The van der Waals surface area contributed by atoms with Gasteiger partial charge in [-0.15, -0.1) is 0 Å².